The molecule has 172 valence electrons. The van der Waals surface area contributed by atoms with E-state index in [9.17, 15) is 22.8 Å². The third kappa shape index (κ3) is 7.17. The zero-order valence-electron chi connectivity index (χ0n) is 18.2. The van der Waals surface area contributed by atoms with Crippen LogP contribution in [0.15, 0.2) is 53.4 Å². The lowest BCUT2D eigenvalue weighted by molar-refractivity contribution is -0.147. The maximum absolute atomic E-state index is 12.6. The lowest BCUT2D eigenvalue weighted by Crippen LogP contribution is -2.40. The molecule has 1 N–H and O–H groups in total. The third-order valence-corrected chi connectivity index (χ3v) is 5.91. The first-order chi connectivity index (χ1) is 15.1. The van der Waals surface area contributed by atoms with E-state index in [1.807, 2.05) is 6.92 Å². The highest BCUT2D eigenvalue weighted by molar-refractivity contribution is 7.89. The molecule has 0 saturated heterocycles. The smallest absolute Gasteiger partial charge is 0.326 e. The van der Waals surface area contributed by atoms with Crippen molar-refractivity contribution < 1.29 is 32.3 Å². The normalized spacial score (nSPS) is 11.0. The molecule has 0 aromatic heterocycles. The highest BCUT2D eigenvalue weighted by atomic mass is 32.2. The molecule has 0 aliphatic heterocycles. The van der Waals surface area contributed by atoms with Gasteiger partial charge >= 0.3 is 11.9 Å². The second kappa shape index (κ2) is 11.4. The lowest BCUT2D eigenvalue weighted by atomic mass is 10.1. The number of carbonyl (C=O) groups excluding carboxylic acids is 3. The predicted molar refractivity (Wildman–Crippen MR) is 117 cm³/mol. The topological polar surface area (TPSA) is 119 Å². The Morgan fingerprint density at radius 1 is 0.938 bits per heavy atom. The fourth-order valence-electron chi connectivity index (χ4n) is 2.66. The average molecular weight is 463 g/mol. The summed E-state index contributed by atoms with van der Waals surface area (Å²) in [6.45, 7) is 3.77. The summed E-state index contributed by atoms with van der Waals surface area (Å²) < 4.78 is 36.7. The Kier molecular flexibility index (Phi) is 8.91. The van der Waals surface area contributed by atoms with Crippen molar-refractivity contribution in [3.05, 3.63) is 59.7 Å². The third-order valence-electron chi connectivity index (χ3n) is 4.51. The predicted octanol–water partition coefficient (Wildman–Crippen LogP) is 1.72. The lowest BCUT2D eigenvalue weighted by Gasteiger charge is -2.21. The number of nitrogens with zero attached hydrogens (tertiary/aromatic N) is 1. The summed E-state index contributed by atoms with van der Waals surface area (Å²) in [5.41, 5.74) is 2.16. The first kappa shape index (κ1) is 25.0. The molecule has 0 saturated carbocycles. The van der Waals surface area contributed by atoms with Crippen molar-refractivity contribution in [2.24, 2.45) is 0 Å². The number of rotatable bonds is 10. The van der Waals surface area contributed by atoms with Gasteiger partial charge in [-0.25, -0.2) is 8.42 Å². The van der Waals surface area contributed by atoms with Gasteiger partial charge < -0.3 is 9.47 Å². The van der Waals surface area contributed by atoms with E-state index in [4.69, 9.17) is 9.47 Å². The van der Waals surface area contributed by atoms with Gasteiger partial charge in [-0.15, -0.1) is 0 Å². The van der Waals surface area contributed by atoms with Crippen molar-refractivity contribution in [1.82, 2.24) is 4.72 Å². The van der Waals surface area contributed by atoms with Crippen LogP contribution in [0.5, 0.6) is 0 Å². The van der Waals surface area contributed by atoms with Crippen LogP contribution in [0, 0.1) is 13.8 Å². The van der Waals surface area contributed by atoms with Crippen molar-refractivity contribution in [2.45, 2.75) is 25.7 Å². The van der Waals surface area contributed by atoms with Gasteiger partial charge in [-0.1, -0.05) is 24.3 Å². The molecule has 10 heteroatoms. The van der Waals surface area contributed by atoms with Gasteiger partial charge in [0.25, 0.3) is 5.91 Å². The van der Waals surface area contributed by atoms with E-state index < -0.39 is 41.0 Å². The van der Waals surface area contributed by atoms with E-state index >= 15 is 0 Å². The van der Waals surface area contributed by atoms with Crippen LogP contribution in [0.4, 0.5) is 5.69 Å². The maximum Gasteiger partial charge on any atom is 0.326 e. The van der Waals surface area contributed by atoms with Crippen molar-refractivity contribution in [1.29, 1.82) is 0 Å². The number of benzene rings is 2. The fraction of sp³-hybridized carbons (Fsp3) is 0.318. The summed E-state index contributed by atoms with van der Waals surface area (Å²) in [5, 5.41) is 0. The van der Waals surface area contributed by atoms with E-state index in [-0.39, 0.29) is 18.0 Å². The number of aryl methyl sites for hydroxylation is 2. The van der Waals surface area contributed by atoms with Crippen LogP contribution >= 0.6 is 0 Å². The molecule has 0 atom stereocenters. The summed E-state index contributed by atoms with van der Waals surface area (Å²) in [7, 11) is -3.92. The monoisotopic (exact) mass is 462 g/mol. The Morgan fingerprint density at radius 2 is 1.62 bits per heavy atom. The highest BCUT2D eigenvalue weighted by Gasteiger charge is 2.22. The number of ether oxygens (including phenoxy) is 2. The minimum absolute atomic E-state index is 0.0224. The maximum atomic E-state index is 12.6. The molecule has 2 aromatic rings. The number of hydrogen-bond donors (Lipinski definition) is 1. The molecule has 0 aliphatic rings. The average Bonchev–Trinajstić information content (AvgIpc) is 2.77. The summed E-state index contributed by atoms with van der Waals surface area (Å²) in [4.78, 5) is 37.6. The van der Waals surface area contributed by atoms with E-state index in [0.717, 1.165) is 16.0 Å². The fourth-order valence-corrected chi connectivity index (χ4v) is 3.71. The molecule has 1 amide bonds. The van der Waals surface area contributed by atoms with Gasteiger partial charge in [0, 0.05) is 5.69 Å². The number of sulfonamides is 1. The van der Waals surface area contributed by atoms with Gasteiger partial charge in [0.05, 0.1) is 11.5 Å². The first-order valence-corrected chi connectivity index (χ1v) is 11.4. The summed E-state index contributed by atoms with van der Waals surface area (Å²) in [6, 6.07) is 13.0. The molecule has 2 aromatic carbocycles. The molecular weight excluding hydrogens is 436 g/mol. The van der Waals surface area contributed by atoms with Crippen LogP contribution < -0.4 is 9.62 Å². The molecule has 0 radical (unpaired) electrons. The van der Waals surface area contributed by atoms with Crippen LogP contribution in [-0.2, 0) is 33.9 Å². The zero-order valence-corrected chi connectivity index (χ0v) is 19.0. The van der Waals surface area contributed by atoms with Crippen LogP contribution in [-0.4, -0.2) is 52.6 Å². The minimum Gasteiger partial charge on any atom is -0.465 e. The standard InChI is InChI=1S/C22H26N2O7S/c1-4-30-22(27)14-24(18-8-6-5-7-9-18)20(25)15-31-21(26)13-23-32(28,29)19-11-10-16(2)17(3)12-19/h5-12,23H,4,13-15H2,1-3H3. The Hall–Kier alpha value is -3.24. The molecule has 0 fully saturated rings. The summed E-state index contributed by atoms with van der Waals surface area (Å²) >= 11 is 0. The Labute approximate surface area is 187 Å². The quantitative estimate of drug-likeness (QED) is 0.534. The van der Waals surface area contributed by atoms with Crippen molar-refractivity contribution in [2.75, 3.05) is 31.2 Å². The Morgan fingerprint density at radius 3 is 2.25 bits per heavy atom. The molecule has 0 bridgehead atoms. The second-order valence-corrected chi connectivity index (χ2v) is 8.62. The number of hydrogen-bond acceptors (Lipinski definition) is 7. The number of para-hydroxylation sites is 1. The molecule has 0 spiro atoms. The molecule has 9 nitrogen and oxygen atoms in total. The zero-order chi connectivity index (χ0) is 23.7. The van der Waals surface area contributed by atoms with Crippen LogP contribution in [0.2, 0.25) is 0 Å². The minimum atomic E-state index is -3.92. The van der Waals surface area contributed by atoms with Gasteiger partial charge in [-0.3, -0.25) is 19.3 Å². The van der Waals surface area contributed by atoms with E-state index in [1.54, 1.807) is 50.2 Å². The number of anilines is 1. The van der Waals surface area contributed by atoms with E-state index in [1.165, 1.54) is 12.1 Å². The Bertz CT molecular complexity index is 1070. The van der Waals surface area contributed by atoms with Crippen molar-refractivity contribution in [3.8, 4) is 0 Å². The summed E-state index contributed by atoms with van der Waals surface area (Å²) in [6.07, 6.45) is 0. The second-order valence-electron chi connectivity index (χ2n) is 6.85. The molecular formula is C22H26N2O7S. The molecule has 0 unspecified atom stereocenters. The SMILES string of the molecule is CCOC(=O)CN(C(=O)COC(=O)CNS(=O)(=O)c1ccc(C)c(C)c1)c1ccccc1. The van der Waals surface area contributed by atoms with Gasteiger partial charge in [0.1, 0.15) is 13.1 Å². The van der Waals surface area contributed by atoms with Gasteiger partial charge in [-0.05, 0) is 56.2 Å². The highest BCUT2D eigenvalue weighted by Crippen LogP contribution is 2.15. The van der Waals surface area contributed by atoms with Crippen molar-refractivity contribution in [3.63, 3.8) is 0 Å². The first-order valence-electron chi connectivity index (χ1n) is 9.87. The van der Waals surface area contributed by atoms with Gasteiger partial charge in [-0.2, -0.15) is 4.72 Å². The molecule has 0 heterocycles. The number of esters is 2. The summed E-state index contributed by atoms with van der Waals surface area (Å²) in [5.74, 6) is -2.21. The van der Waals surface area contributed by atoms with E-state index in [2.05, 4.69) is 4.72 Å². The van der Waals surface area contributed by atoms with Crippen LogP contribution in [0.25, 0.3) is 0 Å². The van der Waals surface area contributed by atoms with Crippen LogP contribution in [0.3, 0.4) is 0 Å². The van der Waals surface area contributed by atoms with Crippen LogP contribution in [0.1, 0.15) is 18.1 Å². The Balaban J connectivity index is 1.96. The van der Waals surface area contributed by atoms with Crippen molar-refractivity contribution >= 4 is 33.6 Å². The largest absolute Gasteiger partial charge is 0.465 e. The number of nitrogens with one attached hydrogen (secondary N) is 1. The number of carbonyl (C=O) groups is 3. The van der Waals surface area contributed by atoms with E-state index in [0.29, 0.717) is 5.69 Å². The number of amides is 1. The molecule has 32 heavy (non-hydrogen) atoms. The van der Waals surface area contributed by atoms with Gasteiger partial charge in [0.15, 0.2) is 6.61 Å². The molecule has 2 rings (SSSR count). The molecule has 0 aliphatic carbocycles. The van der Waals surface area contributed by atoms with Gasteiger partial charge in [0.2, 0.25) is 10.0 Å².